The molecule has 0 radical (unpaired) electrons. The quantitative estimate of drug-likeness (QED) is 0.606. The third-order valence-electron chi connectivity index (χ3n) is 2.60. The molecule has 1 rings (SSSR count). The van der Waals surface area contributed by atoms with Crippen LogP contribution in [0.25, 0.3) is 0 Å². The Morgan fingerprint density at radius 1 is 1.38 bits per heavy atom. The fourth-order valence-electron chi connectivity index (χ4n) is 1.58. The monoisotopic (exact) mass is 201 g/mol. The standard InChI is InChI=1S/C11H23NS/c1-3-5-8-13-9-11(12-4-2)10-6-7-10/h10-12H,3-9H2,1-2H3. The van der Waals surface area contributed by atoms with Crippen LogP contribution in [0.15, 0.2) is 0 Å². The Bertz CT molecular complexity index is 123. The summed E-state index contributed by atoms with van der Waals surface area (Å²) in [6.07, 6.45) is 5.65. The zero-order valence-electron chi connectivity index (χ0n) is 9.01. The van der Waals surface area contributed by atoms with E-state index in [-0.39, 0.29) is 0 Å². The van der Waals surface area contributed by atoms with Crippen molar-refractivity contribution >= 4 is 11.8 Å². The fraction of sp³-hybridized carbons (Fsp3) is 1.00. The van der Waals surface area contributed by atoms with E-state index < -0.39 is 0 Å². The molecule has 0 aliphatic heterocycles. The largest absolute Gasteiger partial charge is 0.313 e. The molecule has 1 unspecified atom stereocenters. The van der Waals surface area contributed by atoms with Gasteiger partial charge in [-0.05, 0) is 37.5 Å². The molecule has 13 heavy (non-hydrogen) atoms. The van der Waals surface area contributed by atoms with E-state index in [4.69, 9.17) is 0 Å². The summed E-state index contributed by atoms with van der Waals surface area (Å²) < 4.78 is 0. The molecule has 78 valence electrons. The van der Waals surface area contributed by atoms with Gasteiger partial charge in [0.05, 0.1) is 0 Å². The maximum atomic E-state index is 3.60. The van der Waals surface area contributed by atoms with Gasteiger partial charge < -0.3 is 5.32 Å². The van der Waals surface area contributed by atoms with Crippen LogP contribution in [-0.2, 0) is 0 Å². The summed E-state index contributed by atoms with van der Waals surface area (Å²) in [6, 6.07) is 0.812. The van der Waals surface area contributed by atoms with Gasteiger partial charge >= 0.3 is 0 Å². The van der Waals surface area contributed by atoms with Crippen molar-refractivity contribution in [2.75, 3.05) is 18.1 Å². The average molecular weight is 201 g/mol. The minimum absolute atomic E-state index is 0.812. The molecular formula is C11H23NS. The molecule has 2 heteroatoms. The number of rotatable bonds is 8. The van der Waals surface area contributed by atoms with Gasteiger partial charge in [-0.25, -0.2) is 0 Å². The Morgan fingerprint density at radius 2 is 2.15 bits per heavy atom. The number of nitrogens with one attached hydrogen (secondary N) is 1. The van der Waals surface area contributed by atoms with Crippen molar-refractivity contribution in [3.05, 3.63) is 0 Å². The van der Waals surface area contributed by atoms with Gasteiger partial charge in [0.2, 0.25) is 0 Å². The summed E-state index contributed by atoms with van der Waals surface area (Å²) in [5.41, 5.74) is 0. The summed E-state index contributed by atoms with van der Waals surface area (Å²) in [6.45, 7) is 5.62. The van der Waals surface area contributed by atoms with Gasteiger partial charge in [-0.1, -0.05) is 20.3 Å². The first-order valence-electron chi connectivity index (χ1n) is 5.69. The van der Waals surface area contributed by atoms with Crippen molar-refractivity contribution in [1.29, 1.82) is 0 Å². The Hall–Kier alpha value is 0.310. The molecule has 0 bridgehead atoms. The van der Waals surface area contributed by atoms with Crippen molar-refractivity contribution in [1.82, 2.24) is 5.32 Å². The maximum absolute atomic E-state index is 3.60. The molecule has 0 heterocycles. The molecule has 0 aromatic carbocycles. The Morgan fingerprint density at radius 3 is 2.69 bits per heavy atom. The van der Waals surface area contributed by atoms with Crippen LogP contribution in [-0.4, -0.2) is 24.1 Å². The van der Waals surface area contributed by atoms with E-state index in [0.29, 0.717) is 0 Å². The van der Waals surface area contributed by atoms with Crippen LogP contribution < -0.4 is 5.32 Å². The number of unbranched alkanes of at least 4 members (excludes halogenated alkanes) is 1. The molecule has 0 aromatic rings. The summed E-state index contributed by atoms with van der Waals surface area (Å²) in [5.74, 6) is 3.69. The average Bonchev–Trinajstić information content (AvgIpc) is 2.93. The Balaban J connectivity index is 2.00. The molecule has 1 N–H and O–H groups in total. The third kappa shape index (κ3) is 4.92. The lowest BCUT2D eigenvalue weighted by Crippen LogP contribution is -2.33. The van der Waals surface area contributed by atoms with Crippen molar-refractivity contribution in [2.45, 2.75) is 45.6 Å². The number of hydrogen-bond donors (Lipinski definition) is 1. The van der Waals surface area contributed by atoms with Gasteiger partial charge in [-0.2, -0.15) is 11.8 Å². The lowest BCUT2D eigenvalue weighted by atomic mass is 10.2. The van der Waals surface area contributed by atoms with E-state index in [1.54, 1.807) is 0 Å². The van der Waals surface area contributed by atoms with E-state index in [9.17, 15) is 0 Å². The molecule has 1 nitrogen and oxygen atoms in total. The van der Waals surface area contributed by atoms with E-state index >= 15 is 0 Å². The molecule has 0 amide bonds. The van der Waals surface area contributed by atoms with Gasteiger partial charge in [-0.15, -0.1) is 0 Å². The van der Waals surface area contributed by atoms with Gasteiger partial charge in [0.15, 0.2) is 0 Å². The zero-order chi connectivity index (χ0) is 9.52. The Labute approximate surface area is 87.1 Å². The van der Waals surface area contributed by atoms with Crippen molar-refractivity contribution in [3.63, 3.8) is 0 Å². The predicted molar refractivity (Wildman–Crippen MR) is 62.4 cm³/mol. The van der Waals surface area contributed by atoms with Gasteiger partial charge in [0, 0.05) is 11.8 Å². The first-order valence-corrected chi connectivity index (χ1v) is 6.85. The fourth-order valence-corrected chi connectivity index (χ4v) is 2.88. The van der Waals surface area contributed by atoms with E-state index in [0.717, 1.165) is 18.5 Å². The molecule has 1 aliphatic carbocycles. The second kappa shape index (κ2) is 6.72. The van der Waals surface area contributed by atoms with Crippen LogP contribution in [0.3, 0.4) is 0 Å². The SMILES string of the molecule is CCCCSCC(NCC)C1CC1. The minimum atomic E-state index is 0.812. The van der Waals surface area contributed by atoms with Crippen molar-refractivity contribution < 1.29 is 0 Å². The van der Waals surface area contributed by atoms with Gasteiger partial charge in [-0.3, -0.25) is 0 Å². The van der Waals surface area contributed by atoms with Crippen LogP contribution in [0.2, 0.25) is 0 Å². The first-order chi connectivity index (χ1) is 6.38. The lowest BCUT2D eigenvalue weighted by Gasteiger charge is -2.16. The molecule has 0 spiro atoms. The number of thioether (sulfide) groups is 1. The Kier molecular flexibility index (Phi) is 5.88. The normalized spacial score (nSPS) is 18.9. The molecule has 1 fully saturated rings. The summed E-state index contributed by atoms with van der Waals surface area (Å²) in [5, 5.41) is 3.60. The zero-order valence-corrected chi connectivity index (χ0v) is 9.83. The maximum Gasteiger partial charge on any atom is 0.0186 e. The molecule has 1 saturated carbocycles. The van der Waals surface area contributed by atoms with Crippen LogP contribution in [0.5, 0.6) is 0 Å². The topological polar surface area (TPSA) is 12.0 Å². The highest BCUT2D eigenvalue weighted by Gasteiger charge is 2.29. The lowest BCUT2D eigenvalue weighted by molar-refractivity contribution is 0.519. The second-order valence-corrected chi connectivity index (χ2v) is 5.08. The molecule has 0 aromatic heterocycles. The van der Waals surface area contributed by atoms with Crippen LogP contribution in [0.1, 0.15) is 39.5 Å². The van der Waals surface area contributed by atoms with Crippen LogP contribution in [0, 0.1) is 5.92 Å². The summed E-state index contributed by atoms with van der Waals surface area (Å²) in [4.78, 5) is 0. The highest BCUT2D eigenvalue weighted by molar-refractivity contribution is 7.99. The molecule has 0 saturated heterocycles. The van der Waals surface area contributed by atoms with E-state index in [1.165, 1.54) is 37.2 Å². The predicted octanol–water partition coefficient (Wildman–Crippen LogP) is 2.91. The highest BCUT2D eigenvalue weighted by Crippen LogP contribution is 2.34. The molecule has 1 atom stereocenters. The smallest absolute Gasteiger partial charge is 0.0186 e. The first kappa shape index (κ1) is 11.4. The molecular weight excluding hydrogens is 178 g/mol. The summed E-state index contributed by atoms with van der Waals surface area (Å²) >= 11 is 2.13. The van der Waals surface area contributed by atoms with Crippen molar-refractivity contribution in [2.24, 2.45) is 5.92 Å². The highest BCUT2D eigenvalue weighted by atomic mass is 32.2. The van der Waals surface area contributed by atoms with Gasteiger partial charge in [0.25, 0.3) is 0 Å². The second-order valence-electron chi connectivity index (χ2n) is 3.93. The van der Waals surface area contributed by atoms with Crippen molar-refractivity contribution in [3.8, 4) is 0 Å². The van der Waals surface area contributed by atoms with Gasteiger partial charge in [0.1, 0.15) is 0 Å². The van der Waals surface area contributed by atoms with Crippen LogP contribution >= 0.6 is 11.8 Å². The van der Waals surface area contributed by atoms with E-state index in [2.05, 4.69) is 30.9 Å². The number of hydrogen-bond acceptors (Lipinski definition) is 2. The van der Waals surface area contributed by atoms with E-state index in [1.807, 2.05) is 0 Å². The van der Waals surface area contributed by atoms with Crippen LogP contribution in [0.4, 0.5) is 0 Å². The summed E-state index contributed by atoms with van der Waals surface area (Å²) in [7, 11) is 0. The minimum Gasteiger partial charge on any atom is -0.313 e. The third-order valence-corrected chi connectivity index (χ3v) is 3.77. The molecule has 1 aliphatic rings.